The van der Waals surface area contributed by atoms with E-state index < -0.39 is 0 Å². The Kier molecular flexibility index (Phi) is 7.57. The van der Waals surface area contributed by atoms with Crippen LogP contribution >= 0.6 is 11.6 Å². The van der Waals surface area contributed by atoms with Crippen LogP contribution in [0.2, 0.25) is 5.02 Å². The van der Waals surface area contributed by atoms with Gasteiger partial charge in [0, 0.05) is 36.3 Å². The molecule has 1 fully saturated rings. The Morgan fingerprint density at radius 2 is 1.84 bits per heavy atom. The lowest BCUT2D eigenvalue weighted by molar-refractivity contribution is -0.127. The number of rotatable bonds is 7. The maximum atomic E-state index is 12.8. The van der Waals surface area contributed by atoms with E-state index in [0.717, 1.165) is 31.5 Å². The van der Waals surface area contributed by atoms with Crippen molar-refractivity contribution in [1.82, 2.24) is 29.5 Å². The molecule has 2 N–H and O–H groups in total. The number of nitrogens with zero attached hydrogens (tertiary/aromatic N) is 6. The van der Waals surface area contributed by atoms with Gasteiger partial charge in [-0.15, -0.1) is 0 Å². The highest BCUT2D eigenvalue weighted by Gasteiger charge is 2.28. The molecule has 4 aromatic rings. The van der Waals surface area contributed by atoms with Crippen molar-refractivity contribution in [2.45, 2.75) is 18.9 Å². The second-order valence-corrected chi connectivity index (χ2v) is 10.0. The minimum absolute atomic E-state index is 0.0126. The molecule has 1 aliphatic rings. The van der Waals surface area contributed by atoms with Gasteiger partial charge in [-0.25, -0.2) is 14.6 Å². The van der Waals surface area contributed by atoms with Crippen LogP contribution in [0.15, 0.2) is 67.0 Å². The number of benzene rings is 2. The Bertz CT molecular complexity index is 1450. The van der Waals surface area contributed by atoms with Crippen LogP contribution in [0.3, 0.4) is 0 Å². The van der Waals surface area contributed by atoms with Crippen molar-refractivity contribution < 1.29 is 9.53 Å². The number of piperidine rings is 1. The molecule has 1 amide bonds. The number of ether oxygens (including phenoxy) is 1. The number of carbonyl (C=O) groups is 1. The largest absolute Gasteiger partial charge is 0.457 e. The van der Waals surface area contributed by atoms with E-state index in [1.54, 1.807) is 18.2 Å². The Labute approximate surface area is 226 Å². The highest BCUT2D eigenvalue weighted by Crippen LogP contribution is 2.35. The Morgan fingerprint density at radius 3 is 2.55 bits per heavy atom. The molecule has 38 heavy (non-hydrogen) atoms. The fourth-order valence-electron chi connectivity index (χ4n) is 4.60. The number of nitrogens with two attached hydrogens (primary N) is 1. The second-order valence-electron chi connectivity index (χ2n) is 9.58. The van der Waals surface area contributed by atoms with Gasteiger partial charge in [-0.1, -0.05) is 17.7 Å². The summed E-state index contributed by atoms with van der Waals surface area (Å²) in [6.45, 7) is 1.99. The van der Waals surface area contributed by atoms with Crippen molar-refractivity contribution in [3.63, 3.8) is 0 Å². The molecule has 1 aliphatic heterocycles. The van der Waals surface area contributed by atoms with Gasteiger partial charge in [-0.3, -0.25) is 4.79 Å². The summed E-state index contributed by atoms with van der Waals surface area (Å²) in [5.41, 5.74) is 8.55. The average molecular weight is 532 g/mol. The van der Waals surface area contributed by atoms with Gasteiger partial charge in [0.25, 0.3) is 0 Å². The highest BCUT2D eigenvalue weighted by molar-refractivity contribution is 6.30. The maximum absolute atomic E-state index is 12.8. The van der Waals surface area contributed by atoms with Crippen LogP contribution in [0, 0.1) is 0 Å². The van der Waals surface area contributed by atoms with Crippen LogP contribution in [-0.2, 0) is 4.79 Å². The fourth-order valence-corrected chi connectivity index (χ4v) is 4.72. The van der Waals surface area contributed by atoms with E-state index in [1.807, 2.05) is 71.1 Å². The molecule has 2 aromatic heterocycles. The molecule has 5 rings (SSSR count). The molecule has 0 unspecified atom stereocenters. The summed E-state index contributed by atoms with van der Waals surface area (Å²) < 4.78 is 7.84. The summed E-state index contributed by atoms with van der Waals surface area (Å²) in [7, 11) is 3.94. The van der Waals surface area contributed by atoms with Crippen LogP contribution < -0.4 is 10.5 Å². The van der Waals surface area contributed by atoms with Crippen molar-refractivity contribution >= 4 is 34.4 Å². The predicted molar refractivity (Wildman–Crippen MR) is 149 cm³/mol. The van der Waals surface area contributed by atoms with Crippen LogP contribution in [0.1, 0.15) is 18.9 Å². The van der Waals surface area contributed by atoms with E-state index in [2.05, 4.69) is 9.97 Å². The third-order valence-electron chi connectivity index (χ3n) is 6.48. The van der Waals surface area contributed by atoms with E-state index in [-0.39, 0.29) is 11.9 Å². The van der Waals surface area contributed by atoms with E-state index in [1.165, 1.54) is 6.33 Å². The van der Waals surface area contributed by atoms with Gasteiger partial charge in [-0.05, 0) is 75.5 Å². The molecule has 9 nitrogen and oxygen atoms in total. The quantitative estimate of drug-likeness (QED) is 0.342. The standard InChI is InChI=1S/C28H30ClN7O2/c1-34(2)15-4-6-24(37)35-16-3-5-21(17-35)36-28-25(27(30)31-18-32-28)26(33-36)19-7-11-22(12-8-19)38-23-13-9-20(29)10-14-23/h4,6-14,18,21H,3,5,15-17H2,1-2H3,(H2,30,31,32)/t21-/m1/s1. The second kappa shape index (κ2) is 11.2. The predicted octanol–water partition coefficient (Wildman–Crippen LogP) is 4.80. The molecule has 3 heterocycles. The molecule has 10 heteroatoms. The molecule has 1 atom stereocenters. The molecule has 0 radical (unpaired) electrons. The summed E-state index contributed by atoms with van der Waals surface area (Å²) in [5.74, 6) is 1.77. The molecular weight excluding hydrogens is 502 g/mol. The Hall–Kier alpha value is -3.95. The molecule has 0 aliphatic carbocycles. The number of anilines is 1. The van der Waals surface area contributed by atoms with Crippen molar-refractivity contribution in [2.75, 3.05) is 39.5 Å². The summed E-state index contributed by atoms with van der Waals surface area (Å²) in [5, 5.41) is 6.32. The zero-order valence-electron chi connectivity index (χ0n) is 21.4. The molecule has 1 saturated heterocycles. The summed E-state index contributed by atoms with van der Waals surface area (Å²) in [6.07, 6.45) is 6.77. The van der Waals surface area contributed by atoms with Crippen molar-refractivity contribution in [1.29, 1.82) is 0 Å². The number of nitrogen functional groups attached to an aromatic ring is 1. The van der Waals surface area contributed by atoms with Gasteiger partial charge >= 0.3 is 0 Å². The summed E-state index contributed by atoms with van der Waals surface area (Å²) in [4.78, 5) is 25.5. The first kappa shape index (κ1) is 25.7. The third-order valence-corrected chi connectivity index (χ3v) is 6.73. The summed E-state index contributed by atoms with van der Waals surface area (Å²) in [6, 6.07) is 14.8. The molecule has 0 saturated carbocycles. The van der Waals surface area contributed by atoms with E-state index in [0.29, 0.717) is 45.6 Å². The monoisotopic (exact) mass is 531 g/mol. The normalized spacial score (nSPS) is 16.0. The number of fused-ring (bicyclic) bond motifs is 1. The number of likely N-dealkylation sites (tertiary alicyclic amines) is 1. The number of aromatic nitrogens is 4. The summed E-state index contributed by atoms with van der Waals surface area (Å²) >= 11 is 5.97. The highest BCUT2D eigenvalue weighted by atomic mass is 35.5. The minimum Gasteiger partial charge on any atom is -0.457 e. The van der Waals surface area contributed by atoms with Gasteiger partial charge in [0.1, 0.15) is 29.3 Å². The van der Waals surface area contributed by atoms with Gasteiger partial charge in [-0.2, -0.15) is 5.10 Å². The van der Waals surface area contributed by atoms with Crippen molar-refractivity contribution in [3.8, 4) is 22.8 Å². The Morgan fingerprint density at radius 1 is 1.13 bits per heavy atom. The van der Waals surface area contributed by atoms with Crippen molar-refractivity contribution in [2.24, 2.45) is 0 Å². The number of hydrogen-bond acceptors (Lipinski definition) is 7. The third kappa shape index (κ3) is 5.64. The lowest BCUT2D eigenvalue weighted by Crippen LogP contribution is -2.40. The molecule has 0 bridgehead atoms. The van der Waals surface area contributed by atoms with Crippen LogP contribution in [0.4, 0.5) is 5.82 Å². The van der Waals surface area contributed by atoms with Crippen LogP contribution in [0.5, 0.6) is 11.5 Å². The first-order valence-corrected chi connectivity index (χ1v) is 12.9. The van der Waals surface area contributed by atoms with Gasteiger partial charge < -0.3 is 20.3 Å². The van der Waals surface area contributed by atoms with Crippen molar-refractivity contribution in [3.05, 3.63) is 72.0 Å². The van der Waals surface area contributed by atoms with Crippen LogP contribution in [0.25, 0.3) is 22.3 Å². The van der Waals surface area contributed by atoms with E-state index >= 15 is 0 Å². The first-order chi connectivity index (χ1) is 18.4. The first-order valence-electron chi connectivity index (χ1n) is 12.5. The number of halogens is 1. The number of amides is 1. The maximum Gasteiger partial charge on any atom is 0.246 e. The fraction of sp³-hybridized carbons (Fsp3) is 0.286. The Balaban J connectivity index is 1.41. The smallest absolute Gasteiger partial charge is 0.246 e. The topological polar surface area (TPSA) is 102 Å². The number of likely N-dealkylation sites (N-methyl/N-ethyl adjacent to an activating group) is 1. The zero-order chi connectivity index (χ0) is 26.6. The van der Waals surface area contributed by atoms with E-state index in [4.69, 9.17) is 27.2 Å². The minimum atomic E-state index is -0.0204. The zero-order valence-corrected chi connectivity index (χ0v) is 22.2. The van der Waals surface area contributed by atoms with Gasteiger partial charge in [0.05, 0.1) is 11.4 Å². The molecule has 196 valence electrons. The van der Waals surface area contributed by atoms with Gasteiger partial charge in [0.15, 0.2) is 5.65 Å². The SMILES string of the molecule is CN(C)CC=CC(=O)N1CCC[C@@H](n2nc(-c3ccc(Oc4ccc(Cl)cc4)cc3)c3c(N)ncnc32)C1. The molecule has 0 spiro atoms. The van der Waals surface area contributed by atoms with Crippen LogP contribution in [-0.4, -0.2) is 69.2 Å². The number of carbonyl (C=O) groups excluding carboxylic acids is 1. The average Bonchev–Trinajstić information content (AvgIpc) is 3.31. The molecular formula is C28H30ClN7O2. The number of hydrogen-bond donors (Lipinski definition) is 1. The lowest BCUT2D eigenvalue weighted by Gasteiger charge is -2.32. The molecule has 2 aromatic carbocycles. The van der Waals surface area contributed by atoms with E-state index in [9.17, 15) is 4.79 Å². The lowest BCUT2D eigenvalue weighted by atomic mass is 10.1. The van der Waals surface area contributed by atoms with Gasteiger partial charge in [0.2, 0.25) is 5.91 Å².